The molecular weight excluding hydrogens is 376 g/mol. The van der Waals surface area contributed by atoms with E-state index in [-0.39, 0.29) is 42.7 Å². The first-order valence-electron chi connectivity index (χ1n) is 8.36. The predicted octanol–water partition coefficient (Wildman–Crippen LogP) is 2.43. The summed E-state index contributed by atoms with van der Waals surface area (Å²) in [7, 11) is -3.73. The van der Waals surface area contributed by atoms with Crippen LogP contribution in [-0.2, 0) is 14.8 Å². The van der Waals surface area contributed by atoms with Crippen LogP contribution in [0.3, 0.4) is 0 Å². The molecule has 1 fully saturated rings. The number of nitrogens with zero attached hydrogens (tertiary/aromatic N) is 2. The Hall–Kier alpha value is -2.52. The van der Waals surface area contributed by atoms with Crippen molar-refractivity contribution in [2.45, 2.75) is 11.8 Å². The minimum atomic E-state index is -3.73. The Morgan fingerprint density at radius 2 is 1.52 bits per heavy atom. The van der Waals surface area contributed by atoms with Gasteiger partial charge < -0.3 is 10.2 Å². The summed E-state index contributed by atoms with van der Waals surface area (Å²) in [5, 5.41) is 2.57. The van der Waals surface area contributed by atoms with Crippen molar-refractivity contribution in [2.24, 2.45) is 0 Å². The minimum Gasteiger partial charge on any atom is -0.364 e. The molecular formula is C18H19F2N3O3S. The van der Waals surface area contributed by atoms with Crippen molar-refractivity contribution in [3.05, 3.63) is 54.1 Å². The molecule has 2 aromatic carbocycles. The first-order chi connectivity index (χ1) is 12.8. The molecule has 0 atom stereocenters. The Kier molecular flexibility index (Phi) is 5.43. The number of rotatable bonds is 4. The molecule has 0 aliphatic carbocycles. The van der Waals surface area contributed by atoms with Crippen LogP contribution in [0.5, 0.6) is 0 Å². The fourth-order valence-electron chi connectivity index (χ4n) is 3.01. The van der Waals surface area contributed by atoms with Crippen LogP contribution < -0.4 is 10.2 Å². The second-order valence-electron chi connectivity index (χ2n) is 6.17. The van der Waals surface area contributed by atoms with Crippen molar-refractivity contribution in [2.75, 3.05) is 36.4 Å². The molecule has 1 saturated heterocycles. The lowest BCUT2D eigenvalue weighted by molar-refractivity contribution is -0.114. The van der Waals surface area contributed by atoms with Gasteiger partial charge in [0.25, 0.3) is 0 Å². The molecule has 1 N–H and O–H groups in total. The third-order valence-corrected chi connectivity index (χ3v) is 6.22. The minimum absolute atomic E-state index is 0.0992. The third kappa shape index (κ3) is 4.09. The van der Waals surface area contributed by atoms with E-state index in [0.29, 0.717) is 5.69 Å². The molecule has 2 aromatic rings. The highest BCUT2D eigenvalue weighted by molar-refractivity contribution is 7.89. The van der Waals surface area contributed by atoms with Crippen molar-refractivity contribution in [1.82, 2.24) is 4.31 Å². The van der Waals surface area contributed by atoms with Crippen molar-refractivity contribution in [3.8, 4) is 0 Å². The first-order valence-corrected chi connectivity index (χ1v) is 9.80. The number of carbonyl (C=O) groups excluding carboxylic acids is 1. The number of anilines is 2. The number of carbonyl (C=O) groups is 1. The number of hydrogen-bond acceptors (Lipinski definition) is 4. The van der Waals surface area contributed by atoms with E-state index in [2.05, 4.69) is 5.32 Å². The summed E-state index contributed by atoms with van der Waals surface area (Å²) in [4.78, 5) is 12.7. The van der Waals surface area contributed by atoms with Crippen LogP contribution in [0.15, 0.2) is 47.4 Å². The van der Waals surface area contributed by atoms with Gasteiger partial charge in [0.15, 0.2) is 0 Å². The lowest BCUT2D eigenvalue weighted by Crippen LogP contribution is -2.49. The van der Waals surface area contributed by atoms with Gasteiger partial charge in [0.05, 0.1) is 4.90 Å². The second kappa shape index (κ2) is 7.61. The Morgan fingerprint density at radius 1 is 0.963 bits per heavy atom. The van der Waals surface area contributed by atoms with Gasteiger partial charge >= 0.3 is 0 Å². The van der Waals surface area contributed by atoms with Gasteiger partial charge in [0.2, 0.25) is 15.9 Å². The topological polar surface area (TPSA) is 69.7 Å². The lowest BCUT2D eigenvalue weighted by atomic mass is 10.2. The highest BCUT2D eigenvalue weighted by atomic mass is 32.2. The SMILES string of the molecule is CC(=O)Nc1ccc(S(=O)(=O)N2CCN(c3c(F)cccc3F)CC2)cc1. The number of piperazine rings is 1. The standard InChI is InChI=1S/C18H19F2N3O3S/c1-13(24)21-14-5-7-15(8-6-14)27(25,26)23-11-9-22(10-12-23)18-16(19)3-2-4-17(18)20/h2-8H,9-12H2,1H3,(H,21,24). The summed E-state index contributed by atoms with van der Waals surface area (Å²) >= 11 is 0. The number of sulfonamides is 1. The molecule has 0 unspecified atom stereocenters. The van der Waals surface area contributed by atoms with Gasteiger partial charge in [0, 0.05) is 38.8 Å². The molecule has 1 aliphatic heterocycles. The maximum absolute atomic E-state index is 13.9. The first kappa shape index (κ1) is 19.2. The maximum atomic E-state index is 13.9. The molecule has 1 aliphatic rings. The lowest BCUT2D eigenvalue weighted by Gasteiger charge is -2.35. The molecule has 0 bridgehead atoms. The molecule has 0 radical (unpaired) electrons. The summed E-state index contributed by atoms with van der Waals surface area (Å²) in [5.41, 5.74) is 0.371. The van der Waals surface area contributed by atoms with Gasteiger partial charge in [-0.3, -0.25) is 4.79 Å². The molecule has 0 saturated carbocycles. The number of para-hydroxylation sites is 1. The van der Waals surface area contributed by atoms with Crippen LogP contribution in [0.1, 0.15) is 6.92 Å². The van der Waals surface area contributed by atoms with Crippen LogP contribution in [0.25, 0.3) is 0 Å². The molecule has 9 heteroatoms. The molecule has 0 aromatic heterocycles. The third-order valence-electron chi connectivity index (χ3n) is 4.30. The average molecular weight is 395 g/mol. The Morgan fingerprint density at radius 3 is 2.04 bits per heavy atom. The summed E-state index contributed by atoms with van der Waals surface area (Å²) in [6.45, 7) is 1.96. The zero-order valence-electron chi connectivity index (χ0n) is 14.7. The second-order valence-corrected chi connectivity index (χ2v) is 8.10. The monoisotopic (exact) mass is 395 g/mol. The van der Waals surface area contributed by atoms with E-state index in [4.69, 9.17) is 0 Å². The molecule has 3 rings (SSSR count). The fraction of sp³-hybridized carbons (Fsp3) is 0.278. The molecule has 0 spiro atoms. The van der Waals surface area contributed by atoms with Gasteiger partial charge in [-0.15, -0.1) is 0 Å². The predicted molar refractivity (Wildman–Crippen MR) is 98.1 cm³/mol. The quantitative estimate of drug-likeness (QED) is 0.863. The molecule has 27 heavy (non-hydrogen) atoms. The largest absolute Gasteiger partial charge is 0.364 e. The molecule has 1 heterocycles. The van der Waals surface area contributed by atoms with E-state index in [1.807, 2.05) is 0 Å². The summed E-state index contributed by atoms with van der Waals surface area (Å²) in [6.07, 6.45) is 0. The normalized spacial score (nSPS) is 15.6. The van der Waals surface area contributed by atoms with E-state index >= 15 is 0 Å². The van der Waals surface area contributed by atoms with Crippen molar-refractivity contribution in [1.29, 1.82) is 0 Å². The van der Waals surface area contributed by atoms with Crippen LogP contribution in [0.4, 0.5) is 20.2 Å². The van der Waals surface area contributed by atoms with E-state index in [1.54, 1.807) is 0 Å². The Bertz CT molecular complexity index is 921. The summed E-state index contributed by atoms with van der Waals surface area (Å²) in [5.74, 6) is -1.58. The van der Waals surface area contributed by atoms with Crippen molar-refractivity contribution < 1.29 is 22.0 Å². The highest BCUT2D eigenvalue weighted by Crippen LogP contribution is 2.26. The van der Waals surface area contributed by atoms with E-state index < -0.39 is 21.7 Å². The fourth-order valence-corrected chi connectivity index (χ4v) is 4.43. The van der Waals surface area contributed by atoms with Gasteiger partial charge in [-0.2, -0.15) is 4.31 Å². The number of halogens is 2. The van der Waals surface area contributed by atoms with E-state index in [0.717, 1.165) is 0 Å². The molecule has 6 nitrogen and oxygen atoms in total. The van der Waals surface area contributed by atoms with Crippen LogP contribution in [-0.4, -0.2) is 44.8 Å². The van der Waals surface area contributed by atoms with E-state index in [1.165, 1.54) is 58.6 Å². The van der Waals surface area contributed by atoms with E-state index in [9.17, 15) is 22.0 Å². The van der Waals surface area contributed by atoms with Crippen LogP contribution in [0, 0.1) is 11.6 Å². The van der Waals surface area contributed by atoms with Crippen LogP contribution >= 0.6 is 0 Å². The summed E-state index contributed by atoms with van der Waals surface area (Å²) < 4.78 is 54.7. The smallest absolute Gasteiger partial charge is 0.243 e. The number of hydrogen-bond donors (Lipinski definition) is 1. The maximum Gasteiger partial charge on any atom is 0.243 e. The summed E-state index contributed by atoms with van der Waals surface area (Å²) in [6, 6.07) is 9.52. The Labute approximate surface area is 156 Å². The zero-order valence-corrected chi connectivity index (χ0v) is 15.5. The highest BCUT2D eigenvalue weighted by Gasteiger charge is 2.30. The average Bonchev–Trinajstić information content (AvgIpc) is 2.62. The number of benzene rings is 2. The van der Waals surface area contributed by atoms with Crippen molar-refractivity contribution in [3.63, 3.8) is 0 Å². The van der Waals surface area contributed by atoms with Gasteiger partial charge in [-0.05, 0) is 36.4 Å². The van der Waals surface area contributed by atoms with Gasteiger partial charge in [-0.1, -0.05) is 6.07 Å². The van der Waals surface area contributed by atoms with Gasteiger partial charge in [-0.25, -0.2) is 17.2 Å². The number of nitrogens with one attached hydrogen (secondary N) is 1. The Balaban J connectivity index is 1.72. The van der Waals surface area contributed by atoms with Crippen LogP contribution in [0.2, 0.25) is 0 Å². The molecule has 1 amide bonds. The zero-order chi connectivity index (χ0) is 19.6. The molecule has 144 valence electrons. The van der Waals surface area contributed by atoms with Crippen molar-refractivity contribution >= 4 is 27.3 Å². The number of amides is 1. The van der Waals surface area contributed by atoms with Gasteiger partial charge in [0.1, 0.15) is 17.3 Å².